The monoisotopic (exact) mass is 248 g/mol. The zero-order valence-electron chi connectivity index (χ0n) is 10.7. The summed E-state index contributed by atoms with van der Waals surface area (Å²) in [6, 6.07) is 0. The number of rotatable bonds is 2. The Bertz CT molecular complexity index is 347. The highest BCUT2D eigenvalue weighted by Crippen LogP contribution is 2.29. The Hall–Kier alpha value is -0.930. The SMILES string of the molecule is O=C1/C(=C/C2CCCO2)CC/C1=C\C1CCCO1. The van der Waals surface area contributed by atoms with Gasteiger partial charge in [0.25, 0.3) is 0 Å². The lowest BCUT2D eigenvalue weighted by Gasteiger charge is -2.05. The zero-order valence-corrected chi connectivity index (χ0v) is 10.7. The molecule has 1 saturated carbocycles. The van der Waals surface area contributed by atoms with Crippen molar-refractivity contribution in [3.8, 4) is 0 Å². The molecule has 2 saturated heterocycles. The summed E-state index contributed by atoms with van der Waals surface area (Å²) in [4.78, 5) is 12.2. The summed E-state index contributed by atoms with van der Waals surface area (Å²) in [7, 11) is 0. The highest BCUT2D eigenvalue weighted by molar-refractivity contribution is 6.10. The van der Waals surface area contributed by atoms with Gasteiger partial charge in [0.15, 0.2) is 5.78 Å². The first-order valence-corrected chi connectivity index (χ1v) is 7.02. The number of hydrogen-bond donors (Lipinski definition) is 0. The van der Waals surface area contributed by atoms with Crippen molar-refractivity contribution < 1.29 is 14.3 Å². The topological polar surface area (TPSA) is 35.5 Å². The van der Waals surface area contributed by atoms with E-state index in [1.54, 1.807) is 0 Å². The van der Waals surface area contributed by atoms with Crippen LogP contribution >= 0.6 is 0 Å². The summed E-state index contributed by atoms with van der Waals surface area (Å²) in [5.74, 6) is 0.223. The van der Waals surface area contributed by atoms with Crippen molar-refractivity contribution in [1.82, 2.24) is 0 Å². The molecule has 0 aromatic carbocycles. The number of Topliss-reactive ketones (excluding diaryl/α,β-unsaturated/α-hetero) is 1. The van der Waals surface area contributed by atoms with Gasteiger partial charge < -0.3 is 9.47 Å². The van der Waals surface area contributed by atoms with E-state index in [2.05, 4.69) is 0 Å². The number of ether oxygens (including phenoxy) is 2. The first kappa shape index (κ1) is 12.1. The van der Waals surface area contributed by atoms with Gasteiger partial charge in [0, 0.05) is 13.2 Å². The summed E-state index contributed by atoms with van der Waals surface area (Å²) < 4.78 is 11.1. The maximum atomic E-state index is 12.2. The third kappa shape index (κ3) is 2.57. The number of allylic oxidation sites excluding steroid dienone is 2. The van der Waals surface area contributed by atoms with E-state index in [4.69, 9.17) is 9.47 Å². The fourth-order valence-electron chi connectivity index (χ4n) is 2.94. The molecule has 2 heterocycles. The molecule has 3 nitrogen and oxygen atoms in total. The summed E-state index contributed by atoms with van der Waals surface area (Å²) in [6.07, 6.45) is 10.5. The minimum atomic E-state index is 0.172. The Morgan fingerprint density at radius 1 is 0.889 bits per heavy atom. The summed E-state index contributed by atoms with van der Waals surface area (Å²) in [5, 5.41) is 0. The molecule has 2 atom stereocenters. The van der Waals surface area contributed by atoms with E-state index >= 15 is 0 Å². The largest absolute Gasteiger partial charge is 0.374 e. The normalized spacial score (nSPS) is 37.2. The van der Waals surface area contributed by atoms with Gasteiger partial charge in [0.1, 0.15) is 0 Å². The summed E-state index contributed by atoms with van der Waals surface area (Å²) in [6.45, 7) is 1.67. The molecule has 0 spiro atoms. The molecule has 98 valence electrons. The van der Waals surface area contributed by atoms with E-state index in [0.29, 0.717) is 0 Å². The minimum absolute atomic E-state index is 0.172. The van der Waals surface area contributed by atoms with Crippen molar-refractivity contribution in [3.63, 3.8) is 0 Å². The van der Waals surface area contributed by atoms with E-state index in [0.717, 1.165) is 62.9 Å². The van der Waals surface area contributed by atoms with Crippen LogP contribution in [0.3, 0.4) is 0 Å². The molecule has 0 aromatic heterocycles. The smallest absolute Gasteiger partial charge is 0.184 e. The molecule has 0 N–H and O–H groups in total. The molecule has 18 heavy (non-hydrogen) atoms. The van der Waals surface area contributed by atoms with Crippen LogP contribution in [0.2, 0.25) is 0 Å². The van der Waals surface area contributed by atoms with Crippen LogP contribution in [0, 0.1) is 0 Å². The van der Waals surface area contributed by atoms with Crippen molar-refractivity contribution in [2.45, 2.75) is 50.7 Å². The van der Waals surface area contributed by atoms with Gasteiger partial charge >= 0.3 is 0 Å². The fourth-order valence-corrected chi connectivity index (χ4v) is 2.94. The van der Waals surface area contributed by atoms with E-state index < -0.39 is 0 Å². The highest BCUT2D eigenvalue weighted by atomic mass is 16.5. The molecule has 0 bridgehead atoms. The minimum Gasteiger partial charge on any atom is -0.374 e. The van der Waals surface area contributed by atoms with Crippen molar-refractivity contribution >= 4 is 5.78 Å². The van der Waals surface area contributed by atoms with Crippen LogP contribution in [-0.4, -0.2) is 31.2 Å². The molecule has 0 amide bonds. The number of hydrogen-bond acceptors (Lipinski definition) is 3. The third-order valence-electron chi connectivity index (χ3n) is 3.95. The summed E-state index contributed by atoms with van der Waals surface area (Å²) in [5.41, 5.74) is 1.90. The standard InChI is InChI=1S/C15H20O3/c16-15-11(9-13-3-1-7-17-13)5-6-12(15)10-14-4-2-8-18-14/h9-10,13-14H,1-8H2/b11-9+,12-10+. The first-order chi connectivity index (χ1) is 8.83. The first-order valence-electron chi connectivity index (χ1n) is 7.02. The highest BCUT2D eigenvalue weighted by Gasteiger charge is 2.26. The van der Waals surface area contributed by atoms with Crippen LogP contribution in [0.1, 0.15) is 38.5 Å². The Morgan fingerprint density at radius 2 is 1.39 bits per heavy atom. The van der Waals surface area contributed by atoms with Crippen molar-refractivity contribution in [2.24, 2.45) is 0 Å². The Labute approximate surface area is 108 Å². The Morgan fingerprint density at radius 3 is 1.78 bits per heavy atom. The van der Waals surface area contributed by atoms with Gasteiger partial charge in [-0.05, 0) is 61.8 Å². The maximum Gasteiger partial charge on any atom is 0.184 e. The lowest BCUT2D eigenvalue weighted by atomic mass is 10.1. The Kier molecular flexibility index (Phi) is 3.62. The quantitative estimate of drug-likeness (QED) is 0.704. The van der Waals surface area contributed by atoms with Crippen LogP contribution < -0.4 is 0 Å². The van der Waals surface area contributed by atoms with Crippen LogP contribution in [0.4, 0.5) is 0 Å². The van der Waals surface area contributed by atoms with Gasteiger partial charge in [-0.15, -0.1) is 0 Å². The van der Waals surface area contributed by atoms with Crippen LogP contribution in [0.25, 0.3) is 0 Å². The second-order valence-electron chi connectivity index (χ2n) is 5.32. The number of carbonyl (C=O) groups excluding carboxylic acids is 1. The van der Waals surface area contributed by atoms with Gasteiger partial charge in [-0.1, -0.05) is 0 Å². The summed E-state index contributed by atoms with van der Waals surface area (Å²) >= 11 is 0. The molecule has 2 aliphatic heterocycles. The third-order valence-corrected chi connectivity index (χ3v) is 3.95. The van der Waals surface area contributed by atoms with Crippen molar-refractivity contribution in [1.29, 1.82) is 0 Å². The molecule has 3 aliphatic rings. The van der Waals surface area contributed by atoms with Gasteiger partial charge in [0.05, 0.1) is 12.2 Å². The Balaban J connectivity index is 1.67. The molecule has 3 fully saturated rings. The zero-order chi connectivity index (χ0) is 12.4. The average Bonchev–Trinajstić information content (AvgIpc) is 3.08. The van der Waals surface area contributed by atoms with Gasteiger partial charge in [-0.3, -0.25) is 4.79 Å². The second-order valence-corrected chi connectivity index (χ2v) is 5.32. The number of carbonyl (C=O) groups is 1. The molecule has 3 rings (SSSR count). The van der Waals surface area contributed by atoms with Crippen molar-refractivity contribution in [2.75, 3.05) is 13.2 Å². The predicted molar refractivity (Wildman–Crippen MR) is 68.4 cm³/mol. The van der Waals surface area contributed by atoms with Gasteiger partial charge in [0.2, 0.25) is 0 Å². The lowest BCUT2D eigenvalue weighted by molar-refractivity contribution is -0.111. The van der Waals surface area contributed by atoms with Crippen LogP contribution in [0.15, 0.2) is 23.3 Å². The molecular formula is C15H20O3. The number of ketones is 1. The average molecular weight is 248 g/mol. The molecule has 0 aromatic rings. The fraction of sp³-hybridized carbons (Fsp3) is 0.667. The maximum absolute atomic E-state index is 12.2. The van der Waals surface area contributed by atoms with E-state index in [-0.39, 0.29) is 18.0 Å². The molecule has 0 radical (unpaired) electrons. The van der Waals surface area contributed by atoms with E-state index in [9.17, 15) is 4.79 Å². The molecule has 2 unspecified atom stereocenters. The lowest BCUT2D eigenvalue weighted by Crippen LogP contribution is -2.07. The van der Waals surface area contributed by atoms with E-state index in [1.165, 1.54) is 0 Å². The van der Waals surface area contributed by atoms with Crippen LogP contribution in [-0.2, 0) is 14.3 Å². The second kappa shape index (κ2) is 5.37. The van der Waals surface area contributed by atoms with Crippen LogP contribution in [0.5, 0.6) is 0 Å². The molecule has 3 heteroatoms. The van der Waals surface area contributed by atoms with Gasteiger partial charge in [-0.25, -0.2) is 0 Å². The van der Waals surface area contributed by atoms with E-state index in [1.807, 2.05) is 12.2 Å². The van der Waals surface area contributed by atoms with Crippen molar-refractivity contribution in [3.05, 3.63) is 23.3 Å². The predicted octanol–water partition coefficient (Wildman–Crippen LogP) is 2.56. The van der Waals surface area contributed by atoms with Gasteiger partial charge in [-0.2, -0.15) is 0 Å². The molecular weight excluding hydrogens is 228 g/mol. The molecule has 1 aliphatic carbocycles.